The van der Waals surface area contributed by atoms with E-state index in [0.29, 0.717) is 37.4 Å². The Bertz CT molecular complexity index is 954. The second-order valence-corrected chi connectivity index (χ2v) is 7.06. The minimum Gasteiger partial charge on any atom is -0.423 e. The molecule has 2 aliphatic heterocycles. The number of hydrogen-bond donors (Lipinski definition) is 2. The van der Waals surface area contributed by atoms with Crippen molar-refractivity contribution in [2.24, 2.45) is 0 Å². The molecule has 0 spiro atoms. The third-order valence-corrected chi connectivity index (χ3v) is 5.22. The van der Waals surface area contributed by atoms with Crippen LogP contribution in [0.2, 0.25) is 0 Å². The summed E-state index contributed by atoms with van der Waals surface area (Å²) in [6, 6.07) is 6.51. The third kappa shape index (κ3) is 3.47. The number of urea groups is 2. The van der Waals surface area contributed by atoms with Crippen LogP contribution in [0.1, 0.15) is 18.4 Å². The normalized spacial score (nSPS) is 20.0. The first-order chi connectivity index (χ1) is 13.0. The lowest BCUT2D eigenvalue weighted by atomic mass is 10.0. The molecule has 2 fully saturated rings. The zero-order chi connectivity index (χ0) is 19.0. The van der Waals surface area contributed by atoms with Crippen molar-refractivity contribution < 1.29 is 14.0 Å². The maximum Gasteiger partial charge on any atom is 0.336 e. The molecule has 2 saturated heterocycles. The largest absolute Gasteiger partial charge is 0.423 e. The van der Waals surface area contributed by atoms with Gasteiger partial charge in [-0.3, -0.25) is 0 Å². The Morgan fingerprint density at radius 3 is 2.89 bits per heavy atom. The zero-order valence-corrected chi connectivity index (χ0v) is 15.2. The average Bonchev–Trinajstić information content (AvgIpc) is 3.07. The third-order valence-electron chi connectivity index (χ3n) is 5.22. The van der Waals surface area contributed by atoms with Gasteiger partial charge in [0.2, 0.25) is 0 Å². The lowest BCUT2D eigenvalue weighted by Gasteiger charge is -2.36. The molecule has 142 valence electrons. The SMILES string of the molecule is Cc1cc(=O)oc2cc(NC(=O)N3CCC[C@@H](N4CCNC4=O)C3)ccc12. The molecule has 0 bridgehead atoms. The summed E-state index contributed by atoms with van der Waals surface area (Å²) >= 11 is 0. The van der Waals surface area contributed by atoms with Gasteiger partial charge in [0.1, 0.15) is 5.58 Å². The van der Waals surface area contributed by atoms with E-state index in [1.54, 1.807) is 17.0 Å². The van der Waals surface area contributed by atoms with Gasteiger partial charge in [-0.25, -0.2) is 14.4 Å². The molecule has 0 aliphatic carbocycles. The van der Waals surface area contributed by atoms with Crippen LogP contribution in [0.25, 0.3) is 11.0 Å². The van der Waals surface area contributed by atoms with Gasteiger partial charge in [0.05, 0.1) is 6.04 Å². The fourth-order valence-electron chi connectivity index (χ4n) is 3.83. The van der Waals surface area contributed by atoms with Crippen molar-refractivity contribution in [1.29, 1.82) is 0 Å². The van der Waals surface area contributed by atoms with Crippen LogP contribution in [-0.4, -0.2) is 54.1 Å². The van der Waals surface area contributed by atoms with Crippen LogP contribution in [0.4, 0.5) is 15.3 Å². The van der Waals surface area contributed by atoms with E-state index in [1.807, 2.05) is 17.9 Å². The summed E-state index contributed by atoms with van der Waals surface area (Å²) in [5.41, 5.74) is 1.44. The molecule has 3 heterocycles. The molecular formula is C19H22N4O4. The highest BCUT2D eigenvalue weighted by atomic mass is 16.4. The second-order valence-electron chi connectivity index (χ2n) is 7.06. The molecule has 1 atom stereocenters. The van der Waals surface area contributed by atoms with Crippen LogP contribution in [0.15, 0.2) is 33.5 Å². The van der Waals surface area contributed by atoms with Crippen LogP contribution >= 0.6 is 0 Å². The maximum absolute atomic E-state index is 12.7. The Morgan fingerprint density at radius 1 is 1.26 bits per heavy atom. The topological polar surface area (TPSA) is 94.9 Å². The molecule has 1 aromatic heterocycles. The van der Waals surface area contributed by atoms with E-state index in [-0.39, 0.29) is 18.1 Å². The number of anilines is 1. The number of carbonyl (C=O) groups excluding carboxylic acids is 2. The smallest absolute Gasteiger partial charge is 0.336 e. The van der Waals surface area contributed by atoms with Crippen molar-refractivity contribution in [1.82, 2.24) is 15.1 Å². The summed E-state index contributed by atoms with van der Waals surface area (Å²) in [4.78, 5) is 39.7. The van der Waals surface area contributed by atoms with Crippen molar-refractivity contribution in [3.63, 3.8) is 0 Å². The molecule has 2 aliphatic rings. The standard InChI is InChI=1S/C19H22N4O4/c1-12-9-17(24)27-16-10-13(4-5-15(12)16)21-19(26)22-7-2-3-14(11-22)23-8-6-20-18(23)25/h4-5,9-10,14H,2-3,6-8,11H2,1H3,(H,20,25)(H,21,26)/t14-/m1/s1. The number of carbonyl (C=O) groups is 2. The highest BCUT2D eigenvalue weighted by Gasteiger charge is 2.32. The van der Waals surface area contributed by atoms with E-state index in [4.69, 9.17) is 4.42 Å². The quantitative estimate of drug-likeness (QED) is 0.792. The highest BCUT2D eigenvalue weighted by molar-refractivity contribution is 5.92. The predicted molar refractivity (Wildman–Crippen MR) is 101 cm³/mol. The van der Waals surface area contributed by atoms with Crippen molar-refractivity contribution in [2.45, 2.75) is 25.8 Å². The number of nitrogens with zero attached hydrogens (tertiary/aromatic N) is 2. The molecule has 4 amide bonds. The van der Waals surface area contributed by atoms with E-state index < -0.39 is 5.63 Å². The van der Waals surface area contributed by atoms with Crippen LogP contribution in [0.3, 0.4) is 0 Å². The van der Waals surface area contributed by atoms with Crippen molar-refractivity contribution in [2.75, 3.05) is 31.5 Å². The Labute approximate surface area is 156 Å². The summed E-state index contributed by atoms with van der Waals surface area (Å²) in [5, 5.41) is 6.52. The number of nitrogens with one attached hydrogen (secondary N) is 2. The van der Waals surface area contributed by atoms with E-state index in [9.17, 15) is 14.4 Å². The summed E-state index contributed by atoms with van der Waals surface area (Å²) in [6.45, 7) is 4.35. The number of hydrogen-bond acceptors (Lipinski definition) is 4. The second kappa shape index (κ2) is 6.94. The Kier molecular flexibility index (Phi) is 4.47. The maximum atomic E-state index is 12.7. The first-order valence-corrected chi connectivity index (χ1v) is 9.16. The molecule has 0 saturated carbocycles. The predicted octanol–water partition coefficient (Wildman–Crippen LogP) is 2.12. The zero-order valence-electron chi connectivity index (χ0n) is 15.2. The summed E-state index contributed by atoms with van der Waals surface area (Å²) in [5.74, 6) is 0. The monoisotopic (exact) mass is 370 g/mol. The number of aryl methyl sites for hydroxylation is 1. The molecule has 8 nitrogen and oxygen atoms in total. The van der Waals surface area contributed by atoms with Crippen LogP contribution < -0.4 is 16.3 Å². The minimum atomic E-state index is -0.411. The number of fused-ring (bicyclic) bond motifs is 1. The molecule has 8 heteroatoms. The summed E-state index contributed by atoms with van der Waals surface area (Å²) in [7, 11) is 0. The summed E-state index contributed by atoms with van der Waals surface area (Å²) in [6.07, 6.45) is 1.76. The molecule has 1 aromatic carbocycles. The minimum absolute atomic E-state index is 0.0456. The molecule has 4 rings (SSSR count). The molecule has 27 heavy (non-hydrogen) atoms. The van der Waals surface area contributed by atoms with Crippen LogP contribution in [0, 0.1) is 6.92 Å². The molecular weight excluding hydrogens is 348 g/mol. The van der Waals surface area contributed by atoms with Crippen molar-refractivity contribution in [3.8, 4) is 0 Å². The van der Waals surface area contributed by atoms with E-state index in [1.165, 1.54) is 6.07 Å². The Morgan fingerprint density at radius 2 is 2.11 bits per heavy atom. The van der Waals surface area contributed by atoms with Gasteiger partial charge >= 0.3 is 17.7 Å². The van der Waals surface area contributed by atoms with Gasteiger partial charge in [0, 0.05) is 49.4 Å². The van der Waals surface area contributed by atoms with Crippen LogP contribution in [-0.2, 0) is 0 Å². The van der Waals surface area contributed by atoms with Crippen molar-refractivity contribution in [3.05, 3.63) is 40.2 Å². The van der Waals surface area contributed by atoms with E-state index >= 15 is 0 Å². The van der Waals surface area contributed by atoms with Gasteiger partial charge in [0.15, 0.2) is 0 Å². The Hall–Kier alpha value is -3.03. The van der Waals surface area contributed by atoms with E-state index in [0.717, 1.165) is 23.8 Å². The van der Waals surface area contributed by atoms with Gasteiger partial charge in [-0.1, -0.05) is 0 Å². The van der Waals surface area contributed by atoms with Gasteiger partial charge < -0.3 is 24.9 Å². The number of benzene rings is 1. The summed E-state index contributed by atoms with van der Waals surface area (Å²) < 4.78 is 5.23. The Balaban J connectivity index is 1.47. The lowest BCUT2D eigenvalue weighted by molar-refractivity contribution is 0.139. The van der Waals surface area contributed by atoms with Crippen molar-refractivity contribution >= 4 is 28.7 Å². The average molecular weight is 370 g/mol. The lowest BCUT2D eigenvalue weighted by Crippen LogP contribution is -2.51. The highest BCUT2D eigenvalue weighted by Crippen LogP contribution is 2.22. The first-order valence-electron chi connectivity index (χ1n) is 9.16. The van der Waals surface area contributed by atoms with Gasteiger partial charge in [-0.2, -0.15) is 0 Å². The van der Waals surface area contributed by atoms with Crippen LogP contribution in [0.5, 0.6) is 0 Å². The fourth-order valence-corrected chi connectivity index (χ4v) is 3.83. The van der Waals surface area contributed by atoms with Gasteiger partial charge in [-0.15, -0.1) is 0 Å². The molecule has 0 unspecified atom stereocenters. The van der Waals surface area contributed by atoms with Gasteiger partial charge in [-0.05, 0) is 37.5 Å². The molecule has 2 aromatic rings. The number of likely N-dealkylation sites (tertiary alicyclic amines) is 1. The molecule has 2 N–H and O–H groups in total. The number of piperidine rings is 1. The number of rotatable bonds is 2. The number of amides is 4. The fraction of sp³-hybridized carbons (Fsp3) is 0.421. The first kappa shape index (κ1) is 17.4. The van der Waals surface area contributed by atoms with Gasteiger partial charge in [0.25, 0.3) is 0 Å². The van der Waals surface area contributed by atoms with E-state index in [2.05, 4.69) is 10.6 Å². The molecule has 0 radical (unpaired) electrons.